The molecule has 0 bridgehead atoms. The van der Waals surface area contributed by atoms with E-state index in [4.69, 9.17) is 4.74 Å². The minimum absolute atomic E-state index is 0.827. The zero-order valence-corrected chi connectivity index (χ0v) is 10.2. The van der Waals surface area contributed by atoms with Crippen LogP contribution in [0.25, 0.3) is 10.9 Å². The van der Waals surface area contributed by atoms with Crippen LogP contribution >= 0.6 is 0 Å². The molecular weight excluding hydrogens is 224 g/mol. The van der Waals surface area contributed by atoms with E-state index in [1.54, 1.807) is 6.20 Å². The summed E-state index contributed by atoms with van der Waals surface area (Å²) in [6, 6.07) is 14.1. The topological polar surface area (TPSA) is 37.9 Å². The standard InChI is InChI=1S/C15H14N2O/c1-2-11-3-5-13(6-4-11)18-14-7-8-15-12(9-14)10-16-17-15/h3-10H,2H2,1H3,(H,16,17). The van der Waals surface area contributed by atoms with Crippen LogP contribution in [0.3, 0.4) is 0 Å². The van der Waals surface area contributed by atoms with Crippen LogP contribution in [0, 0.1) is 0 Å². The van der Waals surface area contributed by atoms with Crippen LogP contribution in [0.15, 0.2) is 48.7 Å². The smallest absolute Gasteiger partial charge is 0.128 e. The zero-order valence-electron chi connectivity index (χ0n) is 10.2. The number of hydrogen-bond donors (Lipinski definition) is 1. The van der Waals surface area contributed by atoms with Gasteiger partial charge in [0.2, 0.25) is 0 Å². The quantitative estimate of drug-likeness (QED) is 0.751. The molecule has 18 heavy (non-hydrogen) atoms. The summed E-state index contributed by atoms with van der Waals surface area (Å²) in [7, 11) is 0. The minimum Gasteiger partial charge on any atom is -0.457 e. The van der Waals surface area contributed by atoms with Crippen molar-refractivity contribution in [3.05, 3.63) is 54.2 Å². The van der Waals surface area contributed by atoms with E-state index in [0.29, 0.717) is 0 Å². The number of H-pyrrole nitrogens is 1. The summed E-state index contributed by atoms with van der Waals surface area (Å²) < 4.78 is 5.81. The van der Waals surface area contributed by atoms with Crippen LogP contribution in [-0.4, -0.2) is 10.2 Å². The van der Waals surface area contributed by atoms with Crippen LogP contribution in [0.5, 0.6) is 11.5 Å². The largest absolute Gasteiger partial charge is 0.457 e. The summed E-state index contributed by atoms with van der Waals surface area (Å²) in [6.07, 6.45) is 2.84. The highest BCUT2D eigenvalue weighted by Gasteiger charge is 2.00. The molecule has 3 heteroatoms. The fourth-order valence-corrected chi connectivity index (χ4v) is 1.91. The first-order valence-corrected chi connectivity index (χ1v) is 6.05. The first-order valence-electron chi connectivity index (χ1n) is 6.05. The van der Waals surface area contributed by atoms with Crippen molar-refractivity contribution in [2.24, 2.45) is 0 Å². The van der Waals surface area contributed by atoms with Crippen molar-refractivity contribution in [1.29, 1.82) is 0 Å². The number of rotatable bonds is 3. The number of nitrogens with one attached hydrogen (secondary N) is 1. The van der Waals surface area contributed by atoms with Crippen molar-refractivity contribution in [1.82, 2.24) is 10.2 Å². The van der Waals surface area contributed by atoms with Gasteiger partial charge in [0.15, 0.2) is 0 Å². The van der Waals surface area contributed by atoms with Crippen LogP contribution in [0.1, 0.15) is 12.5 Å². The van der Waals surface area contributed by atoms with Gasteiger partial charge in [0.25, 0.3) is 0 Å². The number of hydrogen-bond acceptors (Lipinski definition) is 2. The van der Waals surface area contributed by atoms with Gasteiger partial charge in [-0.05, 0) is 42.3 Å². The first kappa shape index (κ1) is 10.8. The van der Waals surface area contributed by atoms with E-state index >= 15 is 0 Å². The van der Waals surface area contributed by atoms with Gasteiger partial charge in [-0.25, -0.2) is 0 Å². The van der Waals surface area contributed by atoms with Crippen LogP contribution in [0.4, 0.5) is 0 Å². The van der Waals surface area contributed by atoms with Crippen molar-refractivity contribution >= 4 is 10.9 Å². The molecule has 3 nitrogen and oxygen atoms in total. The Morgan fingerprint density at radius 2 is 1.83 bits per heavy atom. The molecule has 0 unspecified atom stereocenters. The molecule has 0 saturated heterocycles. The lowest BCUT2D eigenvalue weighted by molar-refractivity contribution is 0.483. The van der Waals surface area contributed by atoms with Gasteiger partial charge in [-0.3, -0.25) is 5.10 Å². The minimum atomic E-state index is 0.827. The number of aromatic nitrogens is 2. The van der Waals surface area contributed by atoms with Crippen LogP contribution in [0.2, 0.25) is 0 Å². The van der Waals surface area contributed by atoms with Crippen molar-refractivity contribution in [3.63, 3.8) is 0 Å². The Morgan fingerprint density at radius 1 is 1.06 bits per heavy atom. The van der Waals surface area contributed by atoms with E-state index in [2.05, 4.69) is 29.3 Å². The SMILES string of the molecule is CCc1ccc(Oc2ccc3[nH]ncc3c2)cc1. The Kier molecular flexibility index (Phi) is 2.73. The molecule has 0 saturated carbocycles. The Balaban J connectivity index is 1.85. The Labute approximate surface area is 105 Å². The fourth-order valence-electron chi connectivity index (χ4n) is 1.91. The van der Waals surface area contributed by atoms with E-state index in [1.165, 1.54) is 5.56 Å². The van der Waals surface area contributed by atoms with Crippen molar-refractivity contribution in [3.8, 4) is 11.5 Å². The van der Waals surface area contributed by atoms with Gasteiger partial charge >= 0.3 is 0 Å². The summed E-state index contributed by atoms with van der Waals surface area (Å²) in [5.41, 5.74) is 2.33. The lowest BCUT2D eigenvalue weighted by atomic mass is 10.2. The highest BCUT2D eigenvalue weighted by molar-refractivity contribution is 5.79. The van der Waals surface area contributed by atoms with Gasteiger partial charge in [0, 0.05) is 5.39 Å². The van der Waals surface area contributed by atoms with Gasteiger partial charge in [0.05, 0.1) is 11.7 Å². The summed E-state index contributed by atoms with van der Waals surface area (Å²) in [5, 5.41) is 7.97. The molecule has 2 aromatic carbocycles. The second-order valence-electron chi connectivity index (χ2n) is 4.22. The maximum atomic E-state index is 5.81. The third-order valence-corrected chi connectivity index (χ3v) is 2.98. The summed E-state index contributed by atoms with van der Waals surface area (Å²) in [6.45, 7) is 2.14. The second kappa shape index (κ2) is 4.53. The zero-order chi connectivity index (χ0) is 12.4. The molecular formula is C15H14N2O. The van der Waals surface area contributed by atoms with Gasteiger partial charge in [-0.2, -0.15) is 5.10 Å². The monoisotopic (exact) mass is 238 g/mol. The highest BCUT2D eigenvalue weighted by atomic mass is 16.5. The molecule has 0 radical (unpaired) electrons. The molecule has 3 rings (SSSR count). The van der Waals surface area contributed by atoms with Crippen LogP contribution in [-0.2, 0) is 6.42 Å². The molecule has 0 spiro atoms. The van der Waals surface area contributed by atoms with Crippen molar-refractivity contribution in [2.45, 2.75) is 13.3 Å². The van der Waals surface area contributed by atoms with Gasteiger partial charge in [-0.15, -0.1) is 0 Å². The molecule has 0 amide bonds. The maximum absolute atomic E-state index is 5.81. The molecule has 0 aliphatic carbocycles. The molecule has 0 atom stereocenters. The normalized spacial score (nSPS) is 10.7. The molecule has 0 aliphatic heterocycles. The molecule has 1 N–H and O–H groups in total. The molecule has 0 aliphatic rings. The number of fused-ring (bicyclic) bond motifs is 1. The Hall–Kier alpha value is -2.29. The first-order chi connectivity index (χ1) is 8.85. The van der Waals surface area contributed by atoms with Crippen molar-refractivity contribution in [2.75, 3.05) is 0 Å². The maximum Gasteiger partial charge on any atom is 0.128 e. The molecule has 0 fully saturated rings. The lowest BCUT2D eigenvalue weighted by Gasteiger charge is -2.06. The second-order valence-corrected chi connectivity index (χ2v) is 4.22. The molecule has 1 heterocycles. The number of ether oxygens (including phenoxy) is 1. The van der Waals surface area contributed by atoms with E-state index in [1.807, 2.05) is 30.3 Å². The van der Waals surface area contributed by atoms with Gasteiger partial charge in [0.1, 0.15) is 11.5 Å². The number of benzene rings is 2. The van der Waals surface area contributed by atoms with E-state index in [-0.39, 0.29) is 0 Å². The summed E-state index contributed by atoms with van der Waals surface area (Å²) in [4.78, 5) is 0. The van der Waals surface area contributed by atoms with Gasteiger partial charge in [-0.1, -0.05) is 19.1 Å². The number of nitrogens with zero attached hydrogens (tertiary/aromatic N) is 1. The molecule has 90 valence electrons. The number of aromatic amines is 1. The predicted octanol–water partition coefficient (Wildman–Crippen LogP) is 3.92. The Morgan fingerprint density at radius 3 is 2.61 bits per heavy atom. The summed E-state index contributed by atoms with van der Waals surface area (Å²) in [5.74, 6) is 1.68. The highest BCUT2D eigenvalue weighted by Crippen LogP contribution is 2.24. The van der Waals surface area contributed by atoms with E-state index < -0.39 is 0 Å². The molecule has 3 aromatic rings. The third kappa shape index (κ3) is 2.07. The van der Waals surface area contributed by atoms with E-state index in [0.717, 1.165) is 28.8 Å². The summed E-state index contributed by atoms with van der Waals surface area (Å²) >= 11 is 0. The van der Waals surface area contributed by atoms with Crippen LogP contribution < -0.4 is 4.74 Å². The average molecular weight is 238 g/mol. The molecule has 1 aromatic heterocycles. The third-order valence-electron chi connectivity index (χ3n) is 2.98. The van der Waals surface area contributed by atoms with Crippen molar-refractivity contribution < 1.29 is 4.74 Å². The lowest BCUT2D eigenvalue weighted by Crippen LogP contribution is -1.85. The van der Waals surface area contributed by atoms with E-state index in [9.17, 15) is 0 Å². The number of aryl methyl sites for hydroxylation is 1. The fraction of sp³-hybridized carbons (Fsp3) is 0.133. The Bertz CT molecular complexity index is 656. The van der Waals surface area contributed by atoms with Gasteiger partial charge < -0.3 is 4.74 Å². The predicted molar refractivity (Wildman–Crippen MR) is 72.0 cm³/mol. The average Bonchev–Trinajstić information content (AvgIpc) is 2.87.